The number of fused-ring (bicyclic) bond motifs is 1. The molecule has 10 heteroatoms. The van der Waals surface area contributed by atoms with Crippen LogP contribution in [0.3, 0.4) is 0 Å². The van der Waals surface area contributed by atoms with Crippen LogP contribution in [0.2, 0.25) is 0 Å². The Morgan fingerprint density at radius 3 is 2.41 bits per heavy atom. The molecule has 0 spiro atoms. The van der Waals surface area contributed by atoms with E-state index in [0.717, 1.165) is 33.3 Å². The topological polar surface area (TPSA) is 69.0 Å². The van der Waals surface area contributed by atoms with Crippen molar-refractivity contribution >= 4 is 33.4 Å². The maximum absolute atomic E-state index is 14.1. The molecule has 2 aromatic heterocycles. The van der Waals surface area contributed by atoms with E-state index in [0.29, 0.717) is 36.0 Å². The summed E-state index contributed by atoms with van der Waals surface area (Å²) < 4.78 is 35.9. The third-order valence-electron chi connectivity index (χ3n) is 6.62. The van der Waals surface area contributed by atoms with Crippen LogP contribution in [0.15, 0.2) is 54.6 Å². The van der Waals surface area contributed by atoms with Crippen LogP contribution in [0.25, 0.3) is 11.2 Å². The highest BCUT2D eigenvalue weighted by Crippen LogP contribution is 2.34. The lowest BCUT2D eigenvalue weighted by molar-refractivity contribution is 0.0257. The second-order valence-electron chi connectivity index (χ2n) is 10.8. The molecule has 1 aliphatic heterocycles. The van der Waals surface area contributed by atoms with E-state index < -0.39 is 5.92 Å². The zero-order valence-electron chi connectivity index (χ0n) is 22.7. The van der Waals surface area contributed by atoms with E-state index in [-0.39, 0.29) is 24.9 Å². The fraction of sp³-hybridized carbons (Fsp3) is 0.414. The number of ether oxygens (including phenoxy) is 1. The van der Waals surface area contributed by atoms with Crippen molar-refractivity contribution in [1.29, 1.82) is 0 Å². The number of hydrogen-bond donors (Lipinski definition) is 1. The molecule has 0 radical (unpaired) electrons. The molecule has 39 heavy (non-hydrogen) atoms. The van der Waals surface area contributed by atoms with Gasteiger partial charge in [-0.15, -0.1) is 5.10 Å². The third kappa shape index (κ3) is 6.17. The van der Waals surface area contributed by atoms with Gasteiger partial charge >= 0.3 is 0 Å². The maximum Gasteiger partial charge on any atom is 0.266 e. The van der Waals surface area contributed by atoms with Crippen molar-refractivity contribution in [2.24, 2.45) is 0 Å². The van der Waals surface area contributed by atoms with Gasteiger partial charge in [0.05, 0.1) is 19.7 Å². The van der Waals surface area contributed by atoms with Gasteiger partial charge in [0.15, 0.2) is 17.0 Å². The average Bonchev–Trinajstić information content (AvgIpc) is 3.49. The number of thiol groups is 1. The number of benzene rings is 2. The van der Waals surface area contributed by atoms with Gasteiger partial charge in [0, 0.05) is 29.7 Å². The molecule has 1 aliphatic rings. The van der Waals surface area contributed by atoms with Gasteiger partial charge in [-0.05, 0) is 18.1 Å². The average molecular weight is 553 g/mol. The Morgan fingerprint density at radius 2 is 1.74 bits per heavy atom. The molecule has 1 saturated heterocycles. The highest BCUT2D eigenvalue weighted by Gasteiger charge is 2.40. The van der Waals surface area contributed by atoms with Gasteiger partial charge < -0.3 is 9.64 Å². The number of rotatable bonds is 7. The van der Waals surface area contributed by atoms with Crippen LogP contribution in [0.4, 0.5) is 14.6 Å². The Balaban J connectivity index is 1.50. The first-order chi connectivity index (χ1) is 18.6. The summed E-state index contributed by atoms with van der Waals surface area (Å²) in [5.41, 5.74) is 3.96. The molecule has 0 atom stereocenters. The molecule has 0 bridgehead atoms. The highest BCUT2D eigenvalue weighted by molar-refractivity contribution is 7.98. The van der Waals surface area contributed by atoms with E-state index in [4.69, 9.17) is 14.7 Å². The number of anilines is 1. The van der Waals surface area contributed by atoms with Crippen LogP contribution in [0, 0.1) is 0 Å². The minimum Gasteiger partial charge on any atom is -0.348 e. The summed E-state index contributed by atoms with van der Waals surface area (Å²) in [5, 5.41) is 9.73. The second-order valence-corrected chi connectivity index (χ2v) is 11.8. The lowest BCUT2D eigenvalue weighted by atomic mass is 9.96. The molecule has 1 fully saturated rings. The highest BCUT2D eigenvalue weighted by atomic mass is 32.1. The summed E-state index contributed by atoms with van der Waals surface area (Å²) in [6.07, 6.45) is -0.201. The fourth-order valence-electron chi connectivity index (χ4n) is 4.54. The first-order valence-electron chi connectivity index (χ1n) is 13.2. The Bertz CT molecular complexity index is 1480. The molecule has 2 aromatic carbocycles. The molecule has 0 unspecified atom stereocenters. The van der Waals surface area contributed by atoms with Gasteiger partial charge in [-0.25, -0.2) is 23.4 Å². The van der Waals surface area contributed by atoms with E-state index in [1.807, 2.05) is 58.0 Å². The standard InChI is InChI=1S/C29H34F2N6OS/c1-5-38-26(20-11-7-6-8-12-20)39-18-22-14-10-9-13-21(22)17-37-25-23(34-35-37)24(32-27(33-25)28(2,3)4)36-16-15-29(30,31)19-36/h6-14,39H,5,15-19H2,1-4H3. The zero-order chi connectivity index (χ0) is 27.6. The van der Waals surface area contributed by atoms with Crippen LogP contribution in [-0.2, 0) is 22.4 Å². The van der Waals surface area contributed by atoms with Gasteiger partial charge in [-0.2, -0.15) is 11.4 Å². The molecule has 4 aromatic rings. The molecule has 0 amide bonds. The Kier molecular flexibility index (Phi) is 7.77. The normalized spacial score (nSPS) is 16.1. The van der Waals surface area contributed by atoms with E-state index in [1.54, 1.807) is 9.58 Å². The summed E-state index contributed by atoms with van der Waals surface area (Å²) in [7, 11) is 0. The first kappa shape index (κ1) is 27.3. The van der Waals surface area contributed by atoms with E-state index >= 15 is 0 Å². The molecule has 0 N–H and O–H groups in total. The summed E-state index contributed by atoms with van der Waals surface area (Å²) in [6, 6.07) is 18.4. The maximum atomic E-state index is 14.1. The smallest absolute Gasteiger partial charge is 0.266 e. The van der Waals surface area contributed by atoms with E-state index in [1.165, 1.54) is 5.56 Å². The molecule has 5 rings (SSSR count). The van der Waals surface area contributed by atoms with Crippen molar-refractivity contribution in [3.05, 3.63) is 77.1 Å². The van der Waals surface area contributed by atoms with Crippen molar-refractivity contribution in [3.63, 3.8) is 0 Å². The largest absolute Gasteiger partial charge is 0.348 e. The third-order valence-corrected chi connectivity index (χ3v) is 7.79. The van der Waals surface area contributed by atoms with Crippen molar-refractivity contribution in [3.8, 4) is 0 Å². The van der Waals surface area contributed by atoms with Gasteiger partial charge in [0.25, 0.3) is 5.92 Å². The Morgan fingerprint density at radius 1 is 1.03 bits per heavy atom. The second kappa shape index (κ2) is 11.1. The lowest BCUT2D eigenvalue weighted by Crippen LogP contribution is -2.27. The van der Waals surface area contributed by atoms with Crippen LogP contribution in [-0.4, -0.2) is 55.6 Å². The van der Waals surface area contributed by atoms with Gasteiger partial charge in [-0.1, -0.05) is 80.6 Å². The van der Waals surface area contributed by atoms with Gasteiger partial charge in [0.1, 0.15) is 10.9 Å². The Hall–Kier alpha value is -3.24. The molecular formula is C29H34F2N6OS. The van der Waals surface area contributed by atoms with Crippen LogP contribution in [0.5, 0.6) is 0 Å². The number of alkyl halides is 2. The molecule has 7 nitrogen and oxygen atoms in total. The predicted octanol–water partition coefficient (Wildman–Crippen LogP) is 5.59. The number of aromatic nitrogens is 5. The molecular weight excluding hydrogens is 518 g/mol. The zero-order valence-corrected chi connectivity index (χ0v) is 23.6. The van der Waals surface area contributed by atoms with E-state index in [9.17, 15) is 8.78 Å². The first-order valence-corrected chi connectivity index (χ1v) is 14.3. The number of hydrogen-bond acceptors (Lipinski definition) is 6. The molecule has 0 saturated carbocycles. The summed E-state index contributed by atoms with van der Waals surface area (Å²) in [4.78, 5) is 11.1. The van der Waals surface area contributed by atoms with Gasteiger partial charge in [-0.3, -0.25) is 0 Å². The van der Waals surface area contributed by atoms with E-state index in [2.05, 4.69) is 34.6 Å². The predicted molar refractivity (Wildman–Crippen MR) is 154 cm³/mol. The molecule has 3 heterocycles. The summed E-state index contributed by atoms with van der Waals surface area (Å²) >= 11 is 1.06. The monoisotopic (exact) mass is 552 g/mol. The van der Waals surface area contributed by atoms with Crippen molar-refractivity contribution in [1.82, 2.24) is 25.0 Å². The number of nitrogens with zero attached hydrogens (tertiary/aromatic N) is 6. The minimum atomic E-state index is -2.75. The van der Waals surface area contributed by atoms with Crippen molar-refractivity contribution < 1.29 is 13.5 Å². The Labute approximate surface area is 231 Å². The summed E-state index contributed by atoms with van der Waals surface area (Å²) in [6.45, 7) is 8.93. The number of halogens is 2. The lowest BCUT2D eigenvalue weighted by Gasteiger charge is -2.22. The van der Waals surface area contributed by atoms with Gasteiger partial charge in [0.2, 0.25) is 0 Å². The SMILES string of the molecule is CCOC(=[SH]Cc1ccccc1Cn1nnc2c(N3CCC(F)(F)C3)nc(C(C)(C)C)nc21)c1ccccc1. The quantitative estimate of drug-likeness (QED) is 0.238. The van der Waals surface area contributed by atoms with Crippen LogP contribution in [0.1, 0.15) is 56.6 Å². The fourth-order valence-corrected chi connectivity index (χ4v) is 5.72. The van der Waals surface area contributed by atoms with Crippen molar-refractivity contribution in [2.75, 3.05) is 24.6 Å². The van der Waals surface area contributed by atoms with Crippen LogP contribution >= 0.6 is 11.4 Å². The summed E-state index contributed by atoms with van der Waals surface area (Å²) in [5.74, 6) is -0.971. The molecule has 206 valence electrons. The van der Waals surface area contributed by atoms with Crippen LogP contribution < -0.4 is 4.90 Å². The molecule has 0 aliphatic carbocycles. The minimum absolute atomic E-state index is 0.201. The van der Waals surface area contributed by atoms with Crippen molar-refractivity contribution in [2.45, 2.75) is 57.8 Å².